The average Bonchev–Trinajstić information content (AvgIpc) is 2.84. The molecule has 3 nitrogen and oxygen atoms in total. The molecule has 1 aromatic carbocycles. The number of rotatable bonds is 3. The van der Waals surface area contributed by atoms with Gasteiger partial charge in [-0.15, -0.1) is 0 Å². The van der Waals surface area contributed by atoms with E-state index in [-0.39, 0.29) is 0 Å². The minimum Gasteiger partial charge on any atom is -0.301 e. The Morgan fingerprint density at radius 1 is 0.889 bits per heavy atom. The number of benzene rings is 1. The van der Waals surface area contributed by atoms with Crippen molar-refractivity contribution in [3.63, 3.8) is 0 Å². The number of nitrogens with zero attached hydrogens (tertiary/aromatic N) is 3. The summed E-state index contributed by atoms with van der Waals surface area (Å²) < 4.78 is 0. The van der Waals surface area contributed by atoms with Crippen LogP contribution < -0.4 is 0 Å². The maximum atomic E-state index is 2.58. The van der Waals surface area contributed by atoms with Gasteiger partial charge in [0.05, 0.1) is 0 Å². The van der Waals surface area contributed by atoms with Crippen LogP contribution in [0.25, 0.3) is 0 Å². The predicted molar refractivity (Wildman–Crippen MR) is 74.0 cm³/mol. The highest BCUT2D eigenvalue weighted by atomic mass is 15.6. The van der Waals surface area contributed by atoms with Crippen LogP contribution >= 0.6 is 0 Å². The van der Waals surface area contributed by atoms with E-state index in [2.05, 4.69) is 46.1 Å². The molecule has 2 heterocycles. The van der Waals surface area contributed by atoms with E-state index in [0.717, 1.165) is 13.1 Å². The summed E-state index contributed by atoms with van der Waals surface area (Å²) >= 11 is 0. The molecule has 1 saturated heterocycles. The van der Waals surface area contributed by atoms with Crippen LogP contribution in [0.4, 0.5) is 0 Å². The van der Waals surface area contributed by atoms with Crippen LogP contribution in [0.1, 0.15) is 24.5 Å². The van der Waals surface area contributed by atoms with E-state index in [0.29, 0.717) is 0 Å². The smallest absolute Gasteiger partial charge is 0.0391 e. The normalized spacial score (nSPS) is 22.3. The van der Waals surface area contributed by atoms with Gasteiger partial charge >= 0.3 is 0 Å². The van der Waals surface area contributed by atoms with Gasteiger partial charge in [-0.2, -0.15) is 0 Å². The molecule has 1 aromatic rings. The highest BCUT2D eigenvalue weighted by molar-refractivity contribution is 5.29. The number of hydrazine groups is 1. The summed E-state index contributed by atoms with van der Waals surface area (Å²) in [5.41, 5.74) is 3.02. The minimum atomic E-state index is 1.10. The summed E-state index contributed by atoms with van der Waals surface area (Å²) in [5, 5.41) is 5.07. The molecule has 0 spiro atoms. The molecule has 0 aliphatic carbocycles. The molecular formula is C15H23N3. The average molecular weight is 245 g/mol. The highest BCUT2D eigenvalue weighted by Gasteiger charge is 2.26. The fourth-order valence-corrected chi connectivity index (χ4v) is 3.08. The summed E-state index contributed by atoms with van der Waals surface area (Å²) in [5.74, 6) is 0. The Morgan fingerprint density at radius 3 is 2.06 bits per heavy atom. The molecule has 1 fully saturated rings. The molecule has 0 unspecified atom stereocenters. The topological polar surface area (TPSA) is 9.72 Å². The Bertz CT molecular complexity index is 371. The van der Waals surface area contributed by atoms with Crippen LogP contribution in [0, 0.1) is 0 Å². The monoisotopic (exact) mass is 245 g/mol. The van der Waals surface area contributed by atoms with E-state index in [4.69, 9.17) is 0 Å². The second-order valence-corrected chi connectivity index (χ2v) is 5.39. The standard InChI is InChI=1S/C15H23N3/c1-2-7-16-8-10-17(11-9-16)18-12-14-5-3-4-6-15(14)13-18/h3-6H,2,7-13H2,1H3. The number of hydrogen-bond donors (Lipinski definition) is 0. The van der Waals surface area contributed by atoms with Crippen molar-refractivity contribution in [1.82, 2.24) is 14.9 Å². The van der Waals surface area contributed by atoms with Crippen molar-refractivity contribution < 1.29 is 0 Å². The van der Waals surface area contributed by atoms with Crippen molar-refractivity contribution in [2.24, 2.45) is 0 Å². The Hall–Kier alpha value is -0.900. The van der Waals surface area contributed by atoms with E-state index in [1.54, 1.807) is 0 Å². The van der Waals surface area contributed by atoms with Crippen LogP contribution in [0.15, 0.2) is 24.3 Å². The first-order chi connectivity index (χ1) is 8.86. The third-order valence-corrected chi connectivity index (χ3v) is 4.11. The zero-order chi connectivity index (χ0) is 12.4. The van der Waals surface area contributed by atoms with E-state index < -0.39 is 0 Å². The fourth-order valence-electron chi connectivity index (χ4n) is 3.08. The molecule has 18 heavy (non-hydrogen) atoms. The molecule has 0 amide bonds. The lowest BCUT2D eigenvalue weighted by atomic mass is 10.1. The first-order valence-corrected chi connectivity index (χ1v) is 7.16. The lowest BCUT2D eigenvalue weighted by Crippen LogP contribution is -2.52. The summed E-state index contributed by atoms with van der Waals surface area (Å²) in [6, 6.07) is 8.84. The second kappa shape index (κ2) is 5.39. The number of hydrogen-bond acceptors (Lipinski definition) is 3. The third kappa shape index (κ3) is 2.44. The summed E-state index contributed by atoms with van der Waals surface area (Å²) in [7, 11) is 0. The van der Waals surface area contributed by atoms with Crippen LogP contribution in [-0.2, 0) is 13.1 Å². The van der Waals surface area contributed by atoms with Gasteiger partial charge in [0.2, 0.25) is 0 Å². The lowest BCUT2D eigenvalue weighted by molar-refractivity contribution is -0.0619. The number of piperazine rings is 1. The molecule has 0 radical (unpaired) electrons. The van der Waals surface area contributed by atoms with Gasteiger partial charge in [-0.1, -0.05) is 31.2 Å². The van der Waals surface area contributed by atoms with Crippen molar-refractivity contribution in [2.75, 3.05) is 32.7 Å². The maximum absolute atomic E-state index is 2.58. The predicted octanol–water partition coefficient (Wildman–Crippen LogP) is 1.94. The molecule has 3 heteroatoms. The van der Waals surface area contributed by atoms with Gasteiger partial charge in [-0.25, -0.2) is 10.0 Å². The van der Waals surface area contributed by atoms with Crippen LogP contribution in [-0.4, -0.2) is 47.6 Å². The van der Waals surface area contributed by atoms with Gasteiger partial charge in [0.25, 0.3) is 0 Å². The molecule has 0 N–H and O–H groups in total. The molecule has 0 bridgehead atoms. The Balaban J connectivity index is 1.56. The third-order valence-electron chi connectivity index (χ3n) is 4.11. The van der Waals surface area contributed by atoms with Crippen molar-refractivity contribution in [3.8, 4) is 0 Å². The zero-order valence-corrected chi connectivity index (χ0v) is 11.3. The van der Waals surface area contributed by atoms with Gasteiger partial charge in [0, 0.05) is 39.3 Å². The first kappa shape index (κ1) is 12.2. The molecule has 3 rings (SSSR count). The molecule has 0 saturated carbocycles. The first-order valence-electron chi connectivity index (χ1n) is 7.16. The molecule has 0 aromatic heterocycles. The van der Waals surface area contributed by atoms with E-state index in [9.17, 15) is 0 Å². The van der Waals surface area contributed by atoms with E-state index >= 15 is 0 Å². The van der Waals surface area contributed by atoms with Gasteiger partial charge in [-0.3, -0.25) is 0 Å². The number of fused-ring (bicyclic) bond motifs is 1. The highest BCUT2D eigenvalue weighted by Crippen LogP contribution is 2.24. The summed E-state index contributed by atoms with van der Waals surface area (Å²) in [4.78, 5) is 2.58. The van der Waals surface area contributed by atoms with Crippen molar-refractivity contribution >= 4 is 0 Å². The fraction of sp³-hybridized carbons (Fsp3) is 0.600. The molecular weight excluding hydrogens is 222 g/mol. The summed E-state index contributed by atoms with van der Waals surface area (Å²) in [6.07, 6.45) is 1.27. The van der Waals surface area contributed by atoms with Crippen LogP contribution in [0.3, 0.4) is 0 Å². The second-order valence-electron chi connectivity index (χ2n) is 5.39. The maximum Gasteiger partial charge on any atom is 0.0391 e. The molecule has 2 aliphatic heterocycles. The zero-order valence-electron chi connectivity index (χ0n) is 11.3. The van der Waals surface area contributed by atoms with Gasteiger partial charge in [0.15, 0.2) is 0 Å². The lowest BCUT2D eigenvalue weighted by Gasteiger charge is -2.39. The van der Waals surface area contributed by atoms with Gasteiger partial charge in [0.1, 0.15) is 0 Å². The SMILES string of the molecule is CCCN1CCN(N2Cc3ccccc3C2)CC1. The van der Waals surface area contributed by atoms with Crippen molar-refractivity contribution in [3.05, 3.63) is 35.4 Å². The van der Waals surface area contributed by atoms with Crippen molar-refractivity contribution in [1.29, 1.82) is 0 Å². The van der Waals surface area contributed by atoms with E-state index in [1.165, 1.54) is 50.3 Å². The Labute approximate surface area is 110 Å². The molecule has 2 aliphatic rings. The minimum absolute atomic E-state index is 1.10. The molecule has 0 atom stereocenters. The van der Waals surface area contributed by atoms with E-state index in [1.807, 2.05) is 0 Å². The Kier molecular flexibility index (Phi) is 3.64. The van der Waals surface area contributed by atoms with Crippen LogP contribution in [0.5, 0.6) is 0 Å². The Morgan fingerprint density at radius 2 is 1.50 bits per heavy atom. The largest absolute Gasteiger partial charge is 0.301 e. The van der Waals surface area contributed by atoms with Gasteiger partial charge in [-0.05, 0) is 24.1 Å². The van der Waals surface area contributed by atoms with Crippen LogP contribution in [0.2, 0.25) is 0 Å². The summed E-state index contributed by atoms with van der Waals surface area (Å²) in [6.45, 7) is 10.6. The van der Waals surface area contributed by atoms with Crippen molar-refractivity contribution in [2.45, 2.75) is 26.4 Å². The van der Waals surface area contributed by atoms with Gasteiger partial charge < -0.3 is 4.90 Å². The quantitative estimate of drug-likeness (QED) is 0.806. The molecule has 98 valence electrons.